The van der Waals surface area contributed by atoms with Crippen molar-refractivity contribution >= 4 is 28.6 Å². The molecule has 0 fully saturated rings. The normalized spacial score (nSPS) is 11.5. The van der Waals surface area contributed by atoms with Gasteiger partial charge in [0.05, 0.1) is 30.0 Å². The van der Waals surface area contributed by atoms with Gasteiger partial charge in [0.15, 0.2) is 10.6 Å². The van der Waals surface area contributed by atoms with Gasteiger partial charge in [-0.3, -0.25) is 4.79 Å². The monoisotopic (exact) mass is 375 g/mol. The number of hydrogen-bond donors (Lipinski definition) is 2. The van der Waals surface area contributed by atoms with E-state index in [-0.39, 0.29) is 5.43 Å². The Balaban J connectivity index is 0.00000163. The zero-order valence-electron chi connectivity index (χ0n) is 16.6. The lowest BCUT2D eigenvalue weighted by atomic mass is 10.1. The lowest BCUT2D eigenvalue weighted by Gasteiger charge is -2.07. The Labute approximate surface area is 159 Å². The maximum absolute atomic E-state index is 12.5. The van der Waals surface area contributed by atoms with E-state index in [1.807, 2.05) is 45.2 Å². The van der Waals surface area contributed by atoms with Crippen LogP contribution in [0.15, 0.2) is 28.1 Å². The smallest absolute Gasteiger partial charge is 0.190 e. The fourth-order valence-electron chi connectivity index (χ4n) is 2.15. The first kappa shape index (κ1) is 21.7. The zero-order valence-corrected chi connectivity index (χ0v) is 17.5. The van der Waals surface area contributed by atoms with Gasteiger partial charge in [0, 0.05) is 23.1 Å². The van der Waals surface area contributed by atoms with Gasteiger partial charge in [-0.1, -0.05) is 26.0 Å². The fourth-order valence-corrected chi connectivity index (χ4v) is 3.01. The first-order valence-electron chi connectivity index (χ1n) is 8.79. The highest BCUT2D eigenvalue weighted by Gasteiger charge is 2.11. The van der Waals surface area contributed by atoms with Crippen LogP contribution >= 0.6 is 11.3 Å². The summed E-state index contributed by atoms with van der Waals surface area (Å²) in [6.07, 6.45) is 5.46. The number of aromatic amines is 1. The first-order valence-corrected chi connectivity index (χ1v) is 9.67. The van der Waals surface area contributed by atoms with Gasteiger partial charge < -0.3 is 15.0 Å². The second kappa shape index (κ2) is 10.6. The third-order valence-electron chi connectivity index (χ3n) is 3.30. The average Bonchev–Trinajstić information content (AvgIpc) is 3.07. The van der Waals surface area contributed by atoms with Crippen LogP contribution < -0.4 is 10.7 Å². The summed E-state index contributed by atoms with van der Waals surface area (Å²) in [5, 5.41) is 6.04. The molecular weight excluding hydrogens is 346 g/mol. The number of allylic oxidation sites excluding steroid dienone is 2. The van der Waals surface area contributed by atoms with E-state index >= 15 is 0 Å². The molecule has 5 nitrogen and oxygen atoms in total. The maximum atomic E-state index is 12.5. The number of anilines is 1. The molecule has 0 spiro atoms. The van der Waals surface area contributed by atoms with Crippen LogP contribution in [0.2, 0.25) is 0 Å². The molecule has 0 aliphatic rings. The topological polar surface area (TPSA) is 67.0 Å². The van der Waals surface area contributed by atoms with Gasteiger partial charge in [-0.2, -0.15) is 0 Å². The molecule has 0 aliphatic heterocycles. The third kappa shape index (κ3) is 5.88. The Morgan fingerprint density at radius 2 is 2.08 bits per heavy atom. The number of thiazole rings is 1. The molecule has 0 unspecified atom stereocenters. The number of rotatable bonds is 6. The SMILES string of the molecule is C/C=C\c1c(/C=C(\C)OC)[nH]c(-c2csc(NC(C)C)n2)cc1=O.CC. The van der Waals surface area contributed by atoms with Crippen molar-refractivity contribution in [3.8, 4) is 11.4 Å². The molecule has 2 aromatic heterocycles. The van der Waals surface area contributed by atoms with E-state index in [1.165, 1.54) is 11.3 Å². The van der Waals surface area contributed by atoms with Crippen molar-refractivity contribution in [2.75, 3.05) is 12.4 Å². The van der Waals surface area contributed by atoms with E-state index in [1.54, 1.807) is 19.3 Å². The summed E-state index contributed by atoms with van der Waals surface area (Å²) in [6, 6.07) is 1.89. The zero-order chi connectivity index (χ0) is 19.7. The summed E-state index contributed by atoms with van der Waals surface area (Å²) in [5.74, 6) is 0.717. The molecule has 2 aromatic rings. The number of aromatic nitrogens is 2. The number of H-pyrrole nitrogens is 1. The molecule has 0 aliphatic carbocycles. The lowest BCUT2D eigenvalue weighted by Crippen LogP contribution is -2.10. The number of nitrogens with one attached hydrogen (secondary N) is 2. The van der Waals surface area contributed by atoms with Crippen LogP contribution in [0.4, 0.5) is 5.13 Å². The predicted molar refractivity (Wildman–Crippen MR) is 114 cm³/mol. The molecular formula is C20H29N3O2S. The van der Waals surface area contributed by atoms with Crippen LogP contribution in [-0.2, 0) is 4.74 Å². The van der Waals surface area contributed by atoms with Crippen LogP contribution in [0.5, 0.6) is 0 Å². The van der Waals surface area contributed by atoms with Gasteiger partial charge >= 0.3 is 0 Å². The van der Waals surface area contributed by atoms with E-state index in [0.29, 0.717) is 28.8 Å². The van der Waals surface area contributed by atoms with Crippen molar-refractivity contribution in [1.29, 1.82) is 0 Å². The van der Waals surface area contributed by atoms with E-state index in [4.69, 9.17) is 4.74 Å². The van der Waals surface area contributed by atoms with Crippen molar-refractivity contribution in [1.82, 2.24) is 9.97 Å². The summed E-state index contributed by atoms with van der Waals surface area (Å²) < 4.78 is 5.21. The summed E-state index contributed by atoms with van der Waals surface area (Å²) in [7, 11) is 1.60. The molecule has 26 heavy (non-hydrogen) atoms. The van der Waals surface area contributed by atoms with Crippen LogP contribution in [0.3, 0.4) is 0 Å². The minimum Gasteiger partial charge on any atom is -0.501 e. The second-order valence-electron chi connectivity index (χ2n) is 5.67. The van der Waals surface area contributed by atoms with Crippen molar-refractivity contribution < 1.29 is 4.74 Å². The van der Waals surface area contributed by atoms with Gasteiger partial charge in [-0.05, 0) is 33.8 Å². The standard InChI is InChI=1S/C18H23N3O2S.C2H6/c1-6-7-13-14(8-12(4)23-5)20-15(9-17(13)22)16-10-24-18(21-16)19-11(2)3;1-2/h6-11H,1-5H3,(H,19,21)(H,20,22);1-2H3/b7-6-,12-8+;. The summed E-state index contributed by atoms with van der Waals surface area (Å²) >= 11 is 1.52. The molecule has 2 rings (SSSR count). The molecule has 2 heterocycles. The second-order valence-corrected chi connectivity index (χ2v) is 6.53. The highest BCUT2D eigenvalue weighted by molar-refractivity contribution is 7.14. The molecule has 0 bridgehead atoms. The fraction of sp³-hybridized carbons (Fsp3) is 0.400. The van der Waals surface area contributed by atoms with Crippen molar-refractivity contribution in [3.05, 3.63) is 44.8 Å². The van der Waals surface area contributed by atoms with Crippen LogP contribution in [0.1, 0.15) is 52.8 Å². The molecule has 6 heteroatoms. The minimum atomic E-state index is -0.0524. The number of methoxy groups -OCH3 is 1. The van der Waals surface area contributed by atoms with Crippen molar-refractivity contribution in [2.24, 2.45) is 0 Å². The van der Waals surface area contributed by atoms with Crippen LogP contribution in [0, 0.1) is 0 Å². The molecule has 0 amide bonds. The van der Waals surface area contributed by atoms with Gasteiger partial charge in [0.2, 0.25) is 0 Å². The number of pyridine rings is 1. The Hall–Kier alpha value is -2.34. The third-order valence-corrected chi connectivity index (χ3v) is 4.07. The van der Waals surface area contributed by atoms with E-state index < -0.39 is 0 Å². The van der Waals surface area contributed by atoms with Crippen LogP contribution in [-0.4, -0.2) is 23.1 Å². The number of hydrogen-bond acceptors (Lipinski definition) is 5. The van der Waals surface area contributed by atoms with Crippen LogP contribution in [0.25, 0.3) is 23.5 Å². The summed E-state index contributed by atoms with van der Waals surface area (Å²) in [6.45, 7) is 11.8. The quantitative estimate of drug-likeness (QED) is 0.665. The maximum Gasteiger partial charge on any atom is 0.190 e. The van der Waals surface area contributed by atoms with Gasteiger partial charge in [-0.15, -0.1) is 11.3 Å². The molecule has 0 aromatic carbocycles. The Morgan fingerprint density at radius 1 is 1.38 bits per heavy atom. The van der Waals surface area contributed by atoms with Gasteiger partial charge in [0.1, 0.15) is 0 Å². The van der Waals surface area contributed by atoms with Crippen molar-refractivity contribution in [3.63, 3.8) is 0 Å². The largest absolute Gasteiger partial charge is 0.501 e. The molecule has 2 N–H and O–H groups in total. The highest BCUT2D eigenvalue weighted by atomic mass is 32.1. The summed E-state index contributed by atoms with van der Waals surface area (Å²) in [5.41, 5.74) is 2.70. The van der Waals surface area contributed by atoms with Gasteiger partial charge in [-0.25, -0.2) is 4.98 Å². The number of ether oxygens (including phenoxy) is 1. The van der Waals surface area contributed by atoms with E-state index in [9.17, 15) is 4.79 Å². The Bertz CT molecular complexity index is 817. The van der Waals surface area contributed by atoms with Crippen molar-refractivity contribution in [2.45, 2.75) is 47.6 Å². The Morgan fingerprint density at radius 3 is 2.65 bits per heavy atom. The predicted octanol–water partition coefficient (Wildman–Crippen LogP) is 5.39. The molecule has 0 radical (unpaired) electrons. The molecule has 0 saturated heterocycles. The number of nitrogens with zero attached hydrogens (tertiary/aromatic N) is 1. The summed E-state index contributed by atoms with van der Waals surface area (Å²) in [4.78, 5) is 20.3. The minimum absolute atomic E-state index is 0.0524. The Kier molecular flexibility index (Phi) is 8.85. The molecule has 0 saturated carbocycles. The van der Waals surface area contributed by atoms with E-state index in [2.05, 4.69) is 29.1 Å². The highest BCUT2D eigenvalue weighted by Crippen LogP contribution is 2.24. The average molecular weight is 376 g/mol. The lowest BCUT2D eigenvalue weighted by molar-refractivity contribution is 0.297. The molecule has 0 atom stereocenters. The van der Waals surface area contributed by atoms with E-state index in [0.717, 1.165) is 10.8 Å². The first-order chi connectivity index (χ1) is 12.4. The molecule has 142 valence electrons. The van der Waals surface area contributed by atoms with Gasteiger partial charge in [0.25, 0.3) is 0 Å².